The number of fused-ring (bicyclic) bond motifs is 1. The fourth-order valence-electron chi connectivity index (χ4n) is 4.90. The molecule has 12 nitrogen and oxygen atoms in total. The third-order valence-corrected chi connectivity index (χ3v) is 10.6. The molecule has 5 rings (SSSR count). The number of aryl methyl sites for hydroxylation is 1. The quantitative estimate of drug-likeness (QED) is 0.389. The standard InChI is InChI=1S/C24H33N7O5S2/c1-24(7-8-24)27-38(35,36)20-12-18-21(33)30(15-16-13-26-28(3)14-16)23(34)31(22(18)37-20)17-5-10-29(11-6-17)19(32)4-9-25-2/h12-14,17,25,27H,4-11,15H2,1-3H3. The molecule has 14 heteroatoms. The van der Waals surface area contributed by atoms with E-state index < -0.39 is 26.8 Å². The van der Waals surface area contributed by atoms with Crippen LogP contribution in [0, 0.1) is 0 Å². The van der Waals surface area contributed by atoms with E-state index in [1.54, 1.807) is 40.6 Å². The highest BCUT2D eigenvalue weighted by atomic mass is 32.2. The number of piperidine rings is 1. The van der Waals surface area contributed by atoms with E-state index in [4.69, 9.17) is 0 Å². The summed E-state index contributed by atoms with van der Waals surface area (Å²) in [6.07, 6.45) is 6.30. The zero-order valence-electron chi connectivity index (χ0n) is 21.8. The molecule has 1 saturated heterocycles. The average molecular weight is 564 g/mol. The third kappa shape index (κ3) is 5.22. The number of sulfonamides is 1. The van der Waals surface area contributed by atoms with Gasteiger partial charge in [0.25, 0.3) is 15.6 Å². The largest absolute Gasteiger partial charge is 0.343 e. The number of rotatable bonds is 9. The van der Waals surface area contributed by atoms with Crippen LogP contribution in [0.5, 0.6) is 0 Å². The Balaban J connectivity index is 1.56. The molecular formula is C24H33N7O5S2. The lowest BCUT2D eigenvalue weighted by atomic mass is 10.0. The molecule has 206 valence electrons. The smallest absolute Gasteiger partial charge is 0.332 e. The molecule has 0 unspecified atom stereocenters. The summed E-state index contributed by atoms with van der Waals surface area (Å²) in [7, 11) is -0.307. The van der Waals surface area contributed by atoms with E-state index in [0.29, 0.717) is 49.3 Å². The summed E-state index contributed by atoms with van der Waals surface area (Å²) in [6, 6.07) is 1.12. The highest BCUT2D eigenvalue weighted by Crippen LogP contribution is 2.38. The zero-order valence-corrected chi connectivity index (χ0v) is 23.4. The molecular weight excluding hydrogens is 530 g/mol. The summed E-state index contributed by atoms with van der Waals surface area (Å²) in [6.45, 7) is 3.44. The van der Waals surface area contributed by atoms with Crippen LogP contribution in [0.25, 0.3) is 10.2 Å². The number of aromatic nitrogens is 4. The Morgan fingerprint density at radius 3 is 2.55 bits per heavy atom. The maximum absolute atomic E-state index is 13.8. The van der Waals surface area contributed by atoms with Crippen LogP contribution in [0.4, 0.5) is 0 Å². The van der Waals surface area contributed by atoms with Gasteiger partial charge < -0.3 is 10.2 Å². The molecule has 0 atom stereocenters. The van der Waals surface area contributed by atoms with Crippen LogP contribution in [0.15, 0.2) is 32.3 Å². The second-order valence-electron chi connectivity index (χ2n) is 10.5. The van der Waals surface area contributed by atoms with Gasteiger partial charge in [-0.3, -0.25) is 23.4 Å². The first kappa shape index (κ1) is 26.8. The number of nitrogens with zero attached hydrogens (tertiary/aromatic N) is 5. The summed E-state index contributed by atoms with van der Waals surface area (Å²) in [5, 5.41) is 7.32. The van der Waals surface area contributed by atoms with Gasteiger partial charge in [0.15, 0.2) is 0 Å². The van der Waals surface area contributed by atoms with Crippen LogP contribution in [0.3, 0.4) is 0 Å². The molecule has 4 heterocycles. The topological polar surface area (TPSA) is 140 Å². The molecule has 0 bridgehead atoms. The van der Waals surface area contributed by atoms with E-state index in [1.807, 2.05) is 6.92 Å². The van der Waals surface area contributed by atoms with Crippen LogP contribution in [-0.4, -0.2) is 70.4 Å². The van der Waals surface area contributed by atoms with Crippen LogP contribution < -0.4 is 21.3 Å². The van der Waals surface area contributed by atoms with Gasteiger partial charge in [0.2, 0.25) is 5.91 Å². The predicted molar refractivity (Wildman–Crippen MR) is 144 cm³/mol. The van der Waals surface area contributed by atoms with Crippen molar-refractivity contribution in [2.45, 2.75) is 61.4 Å². The minimum Gasteiger partial charge on any atom is -0.343 e. The molecule has 1 aliphatic carbocycles. The predicted octanol–water partition coefficient (Wildman–Crippen LogP) is 0.610. The van der Waals surface area contributed by atoms with Gasteiger partial charge in [0.1, 0.15) is 9.04 Å². The van der Waals surface area contributed by atoms with Gasteiger partial charge in [0.05, 0.1) is 18.1 Å². The van der Waals surface area contributed by atoms with Crippen LogP contribution in [0.1, 0.15) is 50.6 Å². The summed E-state index contributed by atoms with van der Waals surface area (Å²) < 4.78 is 33.4. The average Bonchev–Trinajstić information content (AvgIpc) is 3.24. The van der Waals surface area contributed by atoms with Gasteiger partial charge >= 0.3 is 5.69 Å². The summed E-state index contributed by atoms with van der Waals surface area (Å²) >= 11 is 0.953. The number of hydrogen-bond acceptors (Lipinski definition) is 8. The minimum absolute atomic E-state index is 0.0182. The molecule has 2 aliphatic rings. The lowest BCUT2D eigenvalue weighted by Crippen LogP contribution is -2.45. The number of carbonyl (C=O) groups is 1. The second kappa shape index (κ2) is 10.1. The van der Waals surface area contributed by atoms with Gasteiger partial charge in [-0.25, -0.2) is 17.9 Å². The molecule has 1 aliphatic heterocycles. The molecule has 2 N–H and O–H groups in total. The maximum atomic E-state index is 13.8. The summed E-state index contributed by atoms with van der Waals surface area (Å²) in [5.74, 6) is 0.0565. The highest BCUT2D eigenvalue weighted by molar-refractivity contribution is 7.91. The first-order valence-electron chi connectivity index (χ1n) is 12.7. The SMILES string of the molecule is CNCCC(=O)N1CCC(n2c(=O)n(Cc3cnn(C)c3)c(=O)c3cc(S(=O)(=O)NC4(C)CC4)sc32)CC1. The van der Waals surface area contributed by atoms with Crippen molar-refractivity contribution in [3.05, 3.63) is 44.9 Å². The van der Waals surface area contributed by atoms with Crippen molar-refractivity contribution in [1.29, 1.82) is 0 Å². The van der Waals surface area contributed by atoms with E-state index >= 15 is 0 Å². The third-order valence-electron chi connectivity index (χ3n) is 7.34. The Bertz CT molecular complexity index is 1590. The Labute approximate surface area is 224 Å². The number of hydrogen-bond donors (Lipinski definition) is 2. The van der Waals surface area contributed by atoms with Crippen LogP contribution in [-0.2, 0) is 28.4 Å². The van der Waals surface area contributed by atoms with Crippen molar-refractivity contribution in [2.24, 2.45) is 7.05 Å². The fraction of sp³-hybridized carbons (Fsp3) is 0.583. The first-order valence-corrected chi connectivity index (χ1v) is 15.0. The van der Waals surface area contributed by atoms with Gasteiger partial charge in [-0.1, -0.05) is 0 Å². The molecule has 1 amide bonds. The zero-order chi connectivity index (χ0) is 27.2. The van der Waals surface area contributed by atoms with Crippen molar-refractivity contribution in [1.82, 2.24) is 33.9 Å². The second-order valence-corrected chi connectivity index (χ2v) is 13.4. The number of thiophene rings is 1. The van der Waals surface area contributed by atoms with Crippen molar-refractivity contribution in [3.8, 4) is 0 Å². The molecule has 0 spiro atoms. The Kier molecular flexibility index (Phi) is 7.09. The van der Waals surface area contributed by atoms with Crippen LogP contribution in [0.2, 0.25) is 0 Å². The van der Waals surface area contributed by atoms with Gasteiger partial charge in [0, 0.05) is 56.4 Å². The number of carbonyl (C=O) groups excluding carboxylic acids is 1. The van der Waals surface area contributed by atoms with Gasteiger partial charge in [-0.15, -0.1) is 11.3 Å². The van der Waals surface area contributed by atoms with E-state index in [2.05, 4.69) is 15.1 Å². The molecule has 0 aromatic carbocycles. The molecule has 3 aromatic rings. The molecule has 1 saturated carbocycles. The first-order chi connectivity index (χ1) is 18.0. The monoisotopic (exact) mass is 563 g/mol. The van der Waals surface area contributed by atoms with Crippen molar-refractivity contribution in [2.75, 3.05) is 26.7 Å². The molecule has 3 aromatic heterocycles. The lowest BCUT2D eigenvalue weighted by Gasteiger charge is -2.33. The Hall–Kier alpha value is -2.81. The van der Waals surface area contributed by atoms with Gasteiger partial charge in [-0.05, 0) is 45.7 Å². The minimum atomic E-state index is -3.86. The fourth-order valence-corrected chi connectivity index (χ4v) is 7.87. The highest BCUT2D eigenvalue weighted by Gasteiger charge is 2.42. The summed E-state index contributed by atoms with van der Waals surface area (Å²) in [5.41, 5.74) is -0.796. The lowest BCUT2D eigenvalue weighted by molar-refractivity contribution is -0.132. The number of likely N-dealkylation sites (tertiary alicyclic amines) is 1. The van der Waals surface area contributed by atoms with E-state index in [0.717, 1.165) is 28.7 Å². The van der Waals surface area contributed by atoms with E-state index in [1.165, 1.54) is 6.07 Å². The molecule has 0 radical (unpaired) electrons. The Morgan fingerprint density at radius 2 is 1.95 bits per heavy atom. The number of amides is 1. The Morgan fingerprint density at radius 1 is 1.24 bits per heavy atom. The van der Waals surface area contributed by atoms with E-state index in [-0.39, 0.29) is 28.1 Å². The number of nitrogens with one attached hydrogen (secondary N) is 2. The van der Waals surface area contributed by atoms with Crippen LogP contribution >= 0.6 is 11.3 Å². The van der Waals surface area contributed by atoms with Crippen molar-refractivity contribution >= 4 is 37.5 Å². The van der Waals surface area contributed by atoms with E-state index in [9.17, 15) is 22.8 Å². The van der Waals surface area contributed by atoms with Gasteiger partial charge in [-0.2, -0.15) is 5.10 Å². The maximum Gasteiger partial charge on any atom is 0.332 e. The molecule has 38 heavy (non-hydrogen) atoms. The van der Waals surface area contributed by atoms with Crippen molar-refractivity contribution < 1.29 is 13.2 Å². The normalized spacial score (nSPS) is 17.8. The molecule has 2 fully saturated rings. The van der Waals surface area contributed by atoms with Crippen molar-refractivity contribution in [3.63, 3.8) is 0 Å². The summed E-state index contributed by atoms with van der Waals surface area (Å²) in [4.78, 5) is 42.0.